The van der Waals surface area contributed by atoms with Crippen molar-refractivity contribution >= 4 is 16.9 Å². The van der Waals surface area contributed by atoms with E-state index >= 15 is 0 Å². The zero-order valence-corrected chi connectivity index (χ0v) is 21.3. The van der Waals surface area contributed by atoms with Crippen LogP contribution >= 0.6 is 0 Å². The second kappa shape index (κ2) is 10.6. The summed E-state index contributed by atoms with van der Waals surface area (Å²) in [6.45, 7) is 0. The number of ether oxygens (including phenoxy) is 3. The second-order valence-corrected chi connectivity index (χ2v) is 9.42. The van der Waals surface area contributed by atoms with Gasteiger partial charge >= 0.3 is 0 Å². The molecule has 5 rings (SSSR count). The van der Waals surface area contributed by atoms with Crippen molar-refractivity contribution in [3.05, 3.63) is 60.3 Å². The Morgan fingerprint density at radius 2 is 1.73 bits per heavy atom. The van der Waals surface area contributed by atoms with Gasteiger partial charge < -0.3 is 23.7 Å². The smallest absolute Gasteiger partial charge is 0.203 e. The Bertz CT molecular complexity index is 1400. The predicted molar refractivity (Wildman–Crippen MR) is 141 cm³/mol. The Hall–Kier alpha value is -3.84. The van der Waals surface area contributed by atoms with Crippen molar-refractivity contribution in [2.75, 3.05) is 21.3 Å². The van der Waals surface area contributed by atoms with E-state index in [0.29, 0.717) is 46.1 Å². The van der Waals surface area contributed by atoms with Crippen LogP contribution < -0.4 is 14.2 Å². The number of Topliss-reactive ketones (excluding diaryl/α,β-unsaturated/α-hetero) is 1. The van der Waals surface area contributed by atoms with Crippen LogP contribution in [0.1, 0.15) is 42.5 Å². The summed E-state index contributed by atoms with van der Waals surface area (Å²) in [4.78, 5) is 17.6. The van der Waals surface area contributed by atoms with Crippen LogP contribution in [0.25, 0.3) is 33.6 Å². The molecule has 37 heavy (non-hydrogen) atoms. The normalized spacial score (nSPS) is 17.5. The molecule has 1 aliphatic carbocycles. The number of carbonyl (C=O) groups is 1. The minimum atomic E-state index is -0.391. The molecule has 0 saturated heterocycles. The number of ketones is 1. The van der Waals surface area contributed by atoms with Gasteiger partial charge in [-0.15, -0.1) is 0 Å². The van der Waals surface area contributed by atoms with Crippen LogP contribution in [0.3, 0.4) is 0 Å². The minimum Gasteiger partial charge on any atom is -0.493 e. The first kappa shape index (κ1) is 24.8. The monoisotopic (exact) mass is 501 g/mol. The van der Waals surface area contributed by atoms with Gasteiger partial charge in [-0.05, 0) is 48.6 Å². The molecule has 0 radical (unpaired) electrons. The molecule has 7 heteroatoms. The SMILES string of the molecule is COc1cc(-c2cc3nccc(-c4cccc(C(=O)CC5CCCC[C@H]5O)c4)c3o2)cc(OC)c1OC. The third kappa shape index (κ3) is 4.91. The zero-order valence-electron chi connectivity index (χ0n) is 21.3. The Morgan fingerprint density at radius 3 is 2.43 bits per heavy atom. The van der Waals surface area contributed by atoms with Gasteiger partial charge in [-0.3, -0.25) is 9.78 Å². The van der Waals surface area contributed by atoms with Gasteiger partial charge in [0.15, 0.2) is 22.9 Å². The van der Waals surface area contributed by atoms with Crippen LogP contribution in [-0.4, -0.2) is 43.3 Å². The molecule has 7 nitrogen and oxygen atoms in total. The highest BCUT2D eigenvalue weighted by Crippen LogP contribution is 2.43. The quantitative estimate of drug-likeness (QED) is 0.283. The molecule has 1 N–H and O–H groups in total. The van der Waals surface area contributed by atoms with Gasteiger partial charge in [-0.1, -0.05) is 31.0 Å². The van der Waals surface area contributed by atoms with Crippen molar-refractivity contribution in [3.8, 4) is 39.7 Å². The molecule has 0 spiro atoms. The van der Waals surface area contributed by atoms with Crippen LogP contribution in [0, 0.1) is 5.92 Å². The molecular weight excluding hydrogens is 470 g/mol. The molecule has 1 aliphatic rings. The van der Waals surface area contributed by atoms with Crippen LogP contribution in [0.2, 0.25) is 0 Å². The van der Waals surface area contributed by atoms with Crippen molar-refractivity contribution < 1.29 is 28.5 Å². The summed E-state index contributed by atoms with van der Waals surface area (Å²) in [5, 5.41) is 10.3. The Balaban J connectivity index is 1.49. The Kier molecular flexibility index (Phi) is 7.15. The maximum atomic E-state index is 13.1. The molecule has 1 saturated carbocycles. The first-order valence-electron chi connectivity index (χ1n) is 12.5. The maximum absolute atomic E-state index is 13.1. The first-order chi connectivity index (χ1) is 18.0. The van der Waals surface area contributed by atoms with Crippen molar-refractivity contribution in [2.24, 2.45) is 5.92 Å². The summed E-state index contributed by atoms with van der Waals surface area (Å²) >= 11 is 0. The summed E-state index contributed by atoms with van der Waals surface area (Å²) in [5.74, 6) is 2.25. The fourth-order valence-electron chi connectivity index (χ4n) is 5.17. The minimum absolute atomic E-state index is 0.0312. The fraction of sp³-hybridized carbons (Fsp3) is 0.333. The molecule has 0 aliphatic heterocycles. The van der Waals surface area contributed by atoms with E-state index in [0.717, 1.165) is 42.4 Å². The summed E-state index contributed by atoms with van der Waals surface area (Å²) in [6.07, 6.45) is 5.48. The van der Waals surface area contributed by atoms with Crippen LogP contribution in [0.4, 0.5) is 0 Å². The van der Waals surface area contributed by atoms with E-state index in [4.69, 9.17) is 18.6 Å². The molecule has 2 atom stereocenters. The zero-order chi connectivity index (χ0) is 25.9. The number of hydrogen-bond acceptors (Lipinski definition) is 7. The highest BCUT2D eigenvalue weighted by Gasteiger charge is 2.26. The van der Waals surface area contributed by atoms with E-state index in [1.165, 1.54) is 0 Å². The lowest BCUT2D eigenvalue weighted by Crippen LogP contribution is -2.26. The molecule has 4 aromatic rings. The van der Waals surface area contributed by atoms with Crippen LogP contribution in [-0.2, 0) is 0 Å². The largest absolute Gasteiger partial charge is 0.493 e. The molecule has 192 valence electrons. The van der Waals surface area contributed by atoms with E-state index in [1.807, 2.05) is 48.5 Å². The Morgan fingerprint density at radius 1 is 0.973 bits per heavy atom. The van der Waals surface area contributed by atoms with E-state index in [2.05, 4.69) is 4.98 Å². The number of pyridine rings is 1. The number of aromatic nitrogens is 1. The first-order valence-corrected chi connectivity index (χ1v) is 12.5. The number of nitrogens with zero attached hydrogens (tertiary/aromatic N) is 1. The fourth-order valence-corrected chi connectivity index (χ4v) is 5.17. The molecular formula is C30H31NO6. The van der Waals surface area contributed by atoms with Crippen molar-refractivity contribution in [2.45, 2.75) is 38.2 Å². The topological polar surface area (TPSA) is 91.0 Å². The highest BCUT2D eigenvalue weighted by molar-refractivity contribution is 5.99. The van der Waals surface area contributed by atoms with Gasteiger partial charge in [0.2, 0.25) is 5.75 Å². The van der Waals surface area contributed by atoms with Gasteiger partial charge in [-0.2, -0.15) is 0 Å². The molecule has 1 unspecified atom stereocenters. The highest BCUT2D eigenvalue weighted by atomic mass is 16.5. The predicted octanol–water partition coefficient (Wildman–Crippen LogP) is 6.31. The number of rotatable bonds is 8. The average Bonchev–Trinajstić information content (AvgIpc) is 3.38. The third-order valence-electron chi connectivity index (χ3n) is 7.17. The second-order valence-electron chi connectivity index (χ2n) is 9.42. The molecule has 1 fully saturated rings. The van der Waals surface area contributed by atoms with Gasteiger partial charge in [-0.25, -0.2) is 0 Å². The number of hydrogen-bond donors (Lipinski definition) is 1. The summed E-state index contributed by atoms with van der Waals surface area (Å²) in [7, 11) is 4.71. The van der Waals surface area contributed by atoms with Crippen molar-refractivity contribution in [3.63, 3.8) is 0 Å². The average molecular weight is 502 g/mol. The van der Waals surface area contributed by atoms with E-state index in [9.17, 15) is 9.90 Å². The van der Waals surface area contributed by atoms with Gasteiger partial charge in [0, 0.05) is 35.4 Å². The summed E-state index contributed by atoms with van der Waals surface area (Å²) in [6, 6.07) is 15.0. The molecule has 2 heterocycles. The molecule has 2 aromatic carbocycles. The van der Waals surface area contributed by atoms with E-state index in [1.54, 1.807) is 27.5 Å². The lowest BCUT2D eigenvalue weighted by Gasteiger charge is -2.26. The Labute approximate surface area is 216 Å². The molecule has 0 bridgehead atoms. The lowest BCUT2D eigenvalue weighted by atomic mass is 9.82. The van der Waals surface area contributed by atoms with Crippen LogP contribution in [0.5, 0.6) is 17.2 Å². The number of aliphatic hydroxyl groups excluding tert-OH is 1. The standard InChI is InChI=1S/C30H31NO6/c1-34-27-15-21(16-28(35-2)30(27)36-3)26-17-23-29(37-26)22(11-12-31-23)18-8-6-9-19(13-18)25(33)14-20-7-4-5-10-24(20)32/h6,8-9,11-13,15-17,20,24,32H,4-5,7,10,14H2,1-3H3/t20?,24-/m1/s1. The molecule has 0 amide bonds. The van der Waals surface area contributed by atoms with Crippen LogP contribution in [0.15, 0.2) is 59.1 Å². The summed E-state index contributed by atoms with van der Waals surface area (Å²) < 4.78 is 22.7. The molecule has 2 aromatic heterocycles. The number of methoxy groups -OCH3 is 3. The number of furan rings is 1. The van der Waals surface area contributed by atoms with E-state index < -0.39 is 6.10 Å². The van der Waals surface area contributed by atoms with Gasteiger partial charge in [0.1, 0.15) is 11.3 Å². The maximum Gasteiger partial charge on any atom is 0.203 e. The van der Waals surface area contributed by atoms with Crippen molar-refractivity contribution in [1.82, 2.24) is 4.98 Å². The number of carbonyl (C=O) groups excluding carboxylic acids is 1. The van der Waals surface area contributed by atoms with Gasteiger partial charge in [0.25, 0.3) is 0 Å². The third-order valence-corrected chi connectivity index (χ3v) is 7.17. The van der Waals surface area contributed by atoms with E-state index in [-0.39, 0.29) is 11.7 Å². The number of aliphatic hydroxyl groups is 1. The lowest BCUT2D eigenvalue weighted by molar-refractivity contribution is 0.0583. The van der Waals surface area contributed by atoms with Crippen molar-refractivity contribution in [1.29, 1.82) is 0 Å². The van der Waals surface area contributed by atoms with Gasteiger partial charge in [0.05, 0.1) is 27.4 Å². The number of benzene rings is 2. The number of fused-ring (bicyclic) bond motifs is 1. The summed E-state index contributed by atoms with van der Waals surface area (Å²) in [5.41, 5.74) is 4.43.